The zero-order valence-corrected chi connectivity index (χ0v) is 11.7. The van der Waals surface area contributed by atoms with Gasteiger partial charge in [0.05, 0.1) is 6.20 Å². The first-order valence-electron chi connectivity index (χ1n) is 7.05. The van der Waals surface area contributed by atoms with Gasteiger partial charge in [-0.05, 0) is 19.3 Å². The summed E-state index contributed by atoms with van der Waals surface area (Å²) in [5.74, 6) is 0.0163. The Morgan fingerprint density at radius 3 is 2.70 bits per heavy atom. The van der Waals surface area contributed by atoms with Crippen molar-refractivity contribution in [3.05, 3.63) is 24.3 Å². The van der Waals surface area contributed by atoms with E-state index in [1.807, 2.05) is 6.92 Å². The van der Waals surface area contributed by atoms with Crippen LogP contribution in [-0.4, -0.2) is 45.8 Å². The van der Waals surface area contributed by atoms with E-state index in [4.69, 9.17) is 0 Å². The first kappa shape index (κ1) is 14.4. The molecule has 0 aliphatic carbocycles. The minimum Gasteiger partial charge on any atom is -0.353 e. The molecule has 0 bridgehead atoms. The van der Waals surface area contributed by atoms with Crippen molar-refractivity contribution in [3.63, 3.8) is 0 Å². The minimum atomic E-state index is -0.0866. The van der Waals surface area contributed by atoms with Gasteiger partial charge in [0.25, 0.3) is 5.91 Å². The molecular weight excluding hydrogens is 256 g/mol. The Morgan fingerprint density at radius 2 is 2.10 bits per heavy atom. The van der Waals surface area contributed by atoms with E-state index in [0.29, 0.717) is 25.2 Å². The molecule has 6 heteroatoms. The average molecular weight is 276 g/mol. The van der Waals surface area contributed by atoms with Crippen molar-refractivity contribution in [1.82, 2.24) is 20.2 Å². The largest absolute Gasteiger partial charge is 0.353 e. The number of piperidine rings is 1. The number of nitrogens with one attached hydrogen (secondary N) is 1. The Balaban J connectivity index is 1.82. The molecule has 2 amide bonds. The summed E-state index contributed by atoms with van der Waals surface area (Å²) in [6, 6.07) is 0.181. The Bertz CT molecular complexity index is 456. The molecule has 1 N–H and O–H groups in total. The highest BCUT2D eigenvalue weighted by Gasteiger charge is 2.24. The summed E-state index contributed by atoms with van der Waals surface area (Å²) in [4.78, 5) is 33.4. The summed E-state index contributed by atoms with van der Waals surface area (Å²) in [6.07, 6.45) is 7.56. The molecule has 1 aliphatic rings. The Hall–Kier alpha value is -1.98. The second-order valence-corrected chi connectivity index (χ2v) is 4.97. The Kier molecular flexibility index (Phi) is 5.03. The fourth-order valence-corrected chi connectivity index (χ4v) is 2.33. The fraction of sp³-hybridized carbons (Fsp3) is 0.571. The van der Waals surface area contributed by atoms with Crippen LogP contribution in [0.2, 0.25) is 0 Å². The summed E-state index contributed by atoms with van der Waals surface area (Å²) in [5, 5.41) is 3.01. The van der Waals surface area contributed by atoms with E-state index >= 15 is 0 Å². The summed E-state index contributed by atoms with van der Waals surface area (Å²) < 4.78 is 0. The number of nitrogens with zero attached hydrogens (tertiary/aromatic N) is 3. The van der Waals surface area contributed by atoms with Gasteiger partial charge in [-0.1, -0.05) is 6.92 Å². The molecule has 1 saturated heterocycles. The molecule has 6 nitrogen and oxygen atoms in total. The first-order valence-corrected chi connectivity index (χ1v) is 7.05. The van der Waals surface area contributed by atoms with Gasteiger partial charge in [-0.2, -0.15) is 0 Å². The van der Waals surface area contributed by atoms with Crippen LogP contribution in [0.3, 0.4) is 0 Å². The maximum absolute atomic E-state index is 12.2. The zero-order valence-electron chi connectivity index (χ0n) is 11.7. The van der Waals surface area contributed by atoms with E-state index in [2.05, 4.69) is 15.3 Å². The third-order valence-electron chi connectivity index (χ3n) is 3.41. The number of carbonyl (C=O) groups is 2. The van der Waals surface area contributed by atoms with Crippen LogP contribution in [0.4, 0.5) is 0 Å². The molecule has 0 saturated carbocycles. The van der Waals surface area contributed by atoms with Gasteiger partial charge in [0.15, 0.2) is 0 Å². The van der Waals surface area contributed by atoms with Crippen LogP contribution in [0.25, 0.3) is 0 Å². The van der Waals surface area contributed by atoms with E-state index < -0.39 is 0 Å². The smallest absolute Gasteiger partial charge is 0.274 e. The third kappa shape index (κ3) is 3.76. The molecule has 1 aromatic heterocycles. The maximum Gasteiger partial charge on any atom is 0.274 e. The van der Waals surface area contributed by atoms with E-state index in [1.54, 1.807) is 11.1 Å². The number of hydrogen-bond acceptors (Lipinski definition) is 4. The van der Waals surface area contributed by atoms with Crippen LogP contribution in [0.15, 0.2) is 18.6 Å². The van der Waals surface area contributed by atoms with Gasteiger partial charge in [-0.25, -0.2) is 4.98 Å². The highest BCUT2D eigenvalue weighted by Crippen LogP contribution is 2.13. The van der Waals surface area contributed by atoms with Crippen LogP contribution in [0.5, 0.6) is 0 Å². The van der Waals surface area contributed by atoms with Gasteiger partial charge >= 0.3 is 0 Å². The fourth-order valence-electron chi connectivity index (χ4n) is 2.33. The van der Waals surface area contributed by atoms with Crippen LogP contribution in [0, 0.1) is 0 Å². The van der Waals surface area contributed by atoms with E-state index in [1.165, 1.54) is 12.4 Å². The monoisotopic (exact) mass is 276 g/mol. The highest BCUT2D eigenvalue weighted by molar-refractivity contribution is 5.92. The Labute approximate surface area is 118 Å². The summed E-state index contributed by atoms with van der Waals surface area (Å²) >= 11 is 0. The molecule has 20 heavy (non-hydrogen) atoms. The van der Waals surface area contributed by atoms with Gasteiger partial charge in [0, 0.05) is 37.9 Å². The number of aromatic nitrogens is 2. The second kappa shape index (κ2) is 6.98. The van der Waals surface area contributed by atoms with Gasteiger partial charge in [-0.3, -0.25) is 14.6 Å². The molecule has 0 aromatic carbocycles. The van der Waals surface area contributed by atoms with Crippen LogP contribution >= 0.6 is 0 Å². The van der Waals surface area contributed by atoms with Gasteiger partial charge < -0.3 is 10.2 Å². The van der Waals surface area contributed by atoms with Crippen LogP contribution < -0.4 is 5.32 Å². The lowest BCUT2D eigenvalue weighted by atomic mass is 10.0. The molecule has 2 rings (SSSR count). The summed E-state index contributed by atoms with van der Waals surface area (Å²) in [6.45, 7) is 3.28. The van der Waals surface area contributed by atoms with Crippen molar-refractivity contribution in [2.75, 3.05) is 13.1 Å². The van der Waals surface area contributed by atoms with Crippen molar-refractivity contribution >= 4 is 11.8 Å². The lowest BCUT2D eigenvalue weighted by Gasteiger charge is -2.32. The van der Waals surface area contributed by atoms with E-state index in [9.17, 15) is 9.59 Å². The molecule has 0 spiro atoms. The molecule has 1 aromatic rings. The van der Waals surface area contributed by atoms with Crippen LogP contribution in [0.1, 0.15) is 43.1 Å². The molecule has 0 unspecified atom stereocenters. The second-order valence-electron chi connectivity index (χ2n) is 4.97. The standard InChI is InChI=1S/C14H20N4O2/c1-2-3-13(19)17-11-4-8-18(9-5-11)14(20)12-10-15-6-7-16-12/h6-7,10-11H,2-5,8-9H2,1H3,(H,17,19). The topological polar surface area (TPSA) is 75.2 Å². The molecule has 0 atom stereocenters. The molecule has 108 valence electrons. The maximum atomic E-state index is 12.2. The SMILES string of the molecule is CCCC(=O)NC1CCN(C(=O)c2cnccn2)CC1. The summed E-state index contributed by atoms with van der Waals surface area (Å²) in [7, 11) is 0. The van der Waals surface area contributed by atoms with Crippen molar-refractivity contribution < 1.29 is 9.59 Å². The molecule has 1 aliphatic heterocycles. The predicted molar refractivity (Wildman–Crippen MR) is 74.0 cm³/mol. The molecular formula is C14H20N4O2. The number of likely N-dealkylation sites (tertiary alicyclic amines) is 1. The van der Waals surface area contributed by atoms with Gasteiger partial charge in [0.2, 0.25) is 5.91 Å². The average Bonchev–Trinajstić information content (AvgIpc) is 2.48. The number of hydrogen-bond donors (Lipinski definition) is 1. The number of rotatable bonds is 4. The lowest BCUT2D eigenvalue weighted by molar-refractivity contribution is -0.122. The number of carbonyl (C=O) groups excluding carboxylic acids is 2. The van der Waals surface area contributed by atoms with E-state index in [-0.39, 0.29) is 17.9 Å². The van der Waals surface area contributed by atoms with E-state index in [0.717, 1.165) is 19.3 Å². The highest BCUT2D eigenvalue weighted by atomic mass is 16.2. The molecule has 1 fully saturated rings. The molecule has 2 heterocycles. The van der Waals surface area contributed by atoms with Gasteiger partial charge in [-0.15, -0.1) is 0 Å². The normalized spacial score (nSPS) is 15.9. The predicted octanol–water partition coefficient (Wildman–Crippen LogP) is 0.997. The van der Waals surface area contributed by atoms with Crippen molar-refractivity contribution in [2.24, 2.45) is 0 Å². The quantitative estimate of drug-likeness (QED) is 0.890. The first-order chi connectivity index (χ1) is 9.70. The zero-order chi connectivity index (χ0) is 14.4. The number of amides is 2. The minimum absolute atomic E-state index is 0.0866. The van der Waals surface area contributed by atoms with Crippen LogP contribution in [-0.2, 0) is 4.79 Å². The van der Waals surface area contributed by atoms with Gasteiger partial charge in [0.1, 0.15) is 5.69 Å². The summed E-state index contributed by atoms with van der Waals surface area (Å²) in [5.41, 5.74) is 0.376. The third-order valence-corrected chi connectivity index (χ3v) is 3.41. The molecule has 0 radical (unpaired) electrons. The van der Waals surface area contributed by atoms with Crippen molar-refractivity contribution in [3.8, 4) is 0 Å². The van der Waals surface area contributed by atoms with Crippen molar-refractivity contribution in [1.29, 1.82) is 0 Å². The van der Waals surface area contributed by atoms with Crippen molar-refractivity contribution in [2.45, 2.75) is 38.6 Å². The lowest BCUT2D eigenvalue weighted by Crippen LogP contribution is -2.46. The Morgan fingerprint density at radius 1 is 1.35 bits per heavy atom.